The first-order valence-corrected chi connectivity index (χ1v) is 11.0. The molecular formula is C24H36N4O. The van der Waals surface area contributed by atoms with Crippen LogP contribution in [0.15, 0.2) is 24.3 Å². The number of nitrogens with zero attached hydrogens (tertiary/aromatic N) is 4. The average Bonchev–Trinajstić information content (AvgIpc) is 2.70. The van der Waals surface area contributed by atoms with Crippen LogP contribution < -0.4 is 4.90 Å². The summed E-state index contributed by atoms with van der Waals surface area (Å²) in [4.78, 5) is 14.3. The summed E-state index contributed by atoms with van der Waals surface area (Å²) in [5.74, 6) is 1.92. The molecule has 1 atom stereocenters. The summed E-state index contributed by atoms with van der Waals surface area (Å²) in [5, 5.41) is 10.2. The van der Waals surface area contributed by atoms with E-state index in [-0.39, 0.29) is 6.10 Å². The van der Waals surface area contributed by atoms with Gasteiger partial charge in [0.15, 0.2) is 0 Å². The van der Waals surface area contributed by atoms with E-state index >= 15 is 0 Å². The van der Waals surface area contributed by atoms with Crippen LogP contribution in [-0.4, -0.2) is 58.8 Å². The summed E-state index contributed by atoms with van der Waals surface area (Å²) in [6.07, 6.45) is 3.80. The molecule has 1 fully saturated rings. The van der Waals surface area contributed by atoms with Gasteiger partial charge in [-0.2, -0.15) is 0 Å². The maximum Gasteiger partial charge on any atom is 0.136 e. The van der Waals surface area contributed by atoms with Crippen molar-refractivity contribution >= 4 is 5.82 Å². The van der Waals surface area contributed by atoms with Gasteiger partial charge in [-0.25, -0.2) is 9.97 Å². The van der Waals surface area contributed by atoms with Crippen molar-refractivity contribution in [3.05, 3.63) is 52.5 Å². The van der Waals surface area contributed by atoms with Gasteiger partial charge in [-0.15, -0.1) is 0 Å². The number of aliphatic hydroxyl groups is 1. The van der Waals surface area contributed by atoms with Crippen LogP contribution in [0.3, 0.4) is 0 Å². The van der Waals surface area contributed by atoms with Crippen molar-refractivity contribution in [3.8, 4) is 0 Å². The van der Waals surface area contributed by atoms with Crippen LogP contribution in [0, 0.1) is 20.8 Å². The predicted octanol–water partition coefficient (Wildman–Crippen LogP) is 3.67. The Hall–Kier alpha value is -1.98. The number of β-amino-alcohol motifs (C(OH)–C–C–N with tert-alkyl or cyclic N) is 1. The molecular weight excluding hydrogens is 360 g/mol. The summed E-state index contributed by atoms with van der Waals surface area (Å²) < 4.78 is 0. The molecule has 1 aliphatic heterocycles. The third-order valence-corrected chi connectivity index (χ3v) is 5.96. The lowest BCUT2D eigenvalue weighted by molar-refractivity contribution is 0.100. The molecule has 0 saturated carbocycles. The van der Waals surface area contributed by atoms with E-state index in [1.54, 1.807) is 0 Å². The molecule has 5 nitrogen and oxygen atoms in total. The molecule has 1 N–H and O–H groups in total. The van der Waals surface area contributed by atoms with Gasteiger partial charge in [0.05, 0.1) is 6.10 Å². The monoisotopic (exact) mass is 396 g/mol. The van der Waals surface area contributed by atoms with E-state index in [4.69, 9.17) is 4.98 Å². The zero-order valence-electron chi connectivity index (χ0n) is 18.5. The minimum absolute atomic E-state index is 0.207. The molecule has 1 aromatic heterocycles. The molecule has 2 heterocycles. The summed E-state index contributed by atoms with van der Waals surface area (Å²) >= 11 is 0. The Kier molecular flexibility index (Phi) is 7.62. The Morgan fingerprint density at radius 3 is 2.45 bits per heavy atom. The molecule has 1 aliphatic rings. The van der Waals surface area contributed by atoms with Crippen molar-refractivity contribution in [2.45, 2.75) is 59.5 Å². The number of hydrogen-bond acceptors (Lipinski definition) is 5. The maximum atomic E-state index is 10.2. The Balaban J connectivity index is 1.72. The first-order valence-electron chi connectivity index (χ1n) is 11.0. The molecule has 3 rings (SSSR count). The van der Waals surface area contributed by atoms with Gasteiger partial charge in [-0.1, -0.05) is 44.0 Å². The number of benzene rings is 1. The number of hydrogen-bond donors (Lipinski definition) is 1. The van der Waals surface area contributed by atoms with Crippen molar-refractivity contribution in [2.75, 3.05) is 37.6 Å². The van der Waals surface area contributed by atoms with Crippen molar-refractivity contribution in [1.29, 1.82) is 0 Å². The number of anilines is 1. The van der Waals surface area contributed by atoms with Crippen LogP contribution in [-0.2, 0) is 6.42 Å². The third-order valence-electron chi connectivity index (χ3n) is 5.96. The Bertz CT molecular complexity index is 799. The minimum atomic E-state index is -0.207. The first kappa shape index (κ1) is 21.7. The number of unbranched alkanes of at least 4 members (excludes halogenated alkanes) is 1. The maximum absolute atomic E-state index is 10.2. The molecule has 158 valence electrons. The molecule has 2 aromatic rings. The summed E-state index contributed by atoms with van der Waals surface area (Å²) in [5.41, 5.74) is 4.96. The highest BCUT2D eigenvalue weighted by Gasteiger charge is 2.23. The van der Waals surface area contributed by atoms with E-state index in [1.165, 1.54) is 16.7 Å². The lowest BCUT2D eigenvalue weighted by atomic mass is 9.99. The molecule has 0 amide bonds. The van der Waals surface area contributed by atoms with E-state index < -0.39 is 0 Å². The highest BCUT2D eigenvalue weighted by molar-refractivity contribution is 5.52. The van der Waals surface area contributed by atoms with Crippen molar-refractivity contribution in [2.24, 2.45) is 0 Å². The molecule has 5 heteroatoms. The smallest absolute Gasteiger partial charge is 0.136 e. The van der Waals surface area contributed by atoms with E-state index in [2.05, 4.69) is 59.8 Å². The van der Waals surface area contributed by atoms with Gasteiger partial charge in [0.1, 0.15) is 11.6 Å². The zero-order chi connectivity index (χ0) is 20.8. The van der Waals surface area contributed by atoms with Gasteiger partial charge >= 0.3 is 0 Å². The molecule has 29 heavy (non-hydrogen) atoms. The van der Waals surface area contributed by atoms with E-state index in [0.717, 1.165) is 75.7 Å². The van der Waals surface area contributed by atoms with Crippen LogP contribution in [0.25, 0.3) is 0 Å². The van der Waals surface area contributed by atoms with Crippen molar-refractivity contribution in [3.63, 3.8) is 0 Å². The number of aryl methyl sites for hydroxylation is 3. The van der Waals surface area contributed by atoms with E-state index in [0.29, 0.717) is 0 Å². The van der Waals surface area contributed by atoms with Crippen LogP contribution in [0.4, 0.5) is 5.82 Å². The Labute approximate surface area is 175 Å². The second-order valence-corrected chi connectivity index (χ2v) is 8.35. The standard InChI is InChI=1S/C24H36N4O/c1-5-6-11-22(29)17-27-12-14-28(15-13-27)24-23(19(3)25-20(4)26-24)16-21-10-8-7-9-18(21)2/h7-10,22,29H,5-6,11-17H2,1-4H3/t22-/m1/s1. The summed E-state index contributed by atoms with van der Waals surface area (Å²) in [6, 6.07) is 8.57. The average molecular weight is 397 g/mol. The van der Waals surface area contributed by atoms with Crippen LogP contribution in [0.5, 0.6) is 0 Å². The van der Waals surface area contributed by atoms with Crippen molar-refractivity contribution in [1.82, 2.24) is 14.9 Å². The predicted molar refractivity (Wildman–Crippen MR) is 120 cm³/mol. The molecule has 0 spiro atoms. The fourth-order valence-electron chi connectivity index (χ4n) is 4.16. The van der Waals surface area contributed by atoms with Gasteiger partial charge < -0.3 is 10.0 Å². The third kappa shape index (κ3) is 5.77. The lowest BCUT2D eigenvalue weighted by Gasteiger charge is -2.37. The fraction of sp³-hybridized carbons (Fsp3) is 0.583. The molecule has 1 aromatic carbocycles. The van der Waals surface area contributed by atoms with Crippen LogP contribution in [0.2, 0.25) is 0 Å². The SMILES string of the molecule is CCCC[C@@H](O)CN1CCN(c2nc(C)nc(C)c2Cc2ccccc2C)CC1. The quantitative estimate of drug-likeness (QED) is 0.738. The van der Waals surface area contributed by atoms with Crippen LogP contribution in [0.1, 0.15) is 54.4 Å². The molecule has 0 unspecified atom stereocenters. The van der Waals surface area contributed by atoms with E-state index in [9.17, 15) is 5.11 Å². The highest BCUT2D eigenvalue weighted by atomic mass is 16.3. The van der Waals surface area contributed by atoms with Crippen LogP contribution >= 0.6 is 0 Å². The molecule has 0 bridgehead atoms. The lowest BCUT2D eigenvalue weighted by Crippen LogP contribution is -2.49. The van der Waals surface area contributed by atoms with Gasteiger partial charge in [0.25, 0.3) is 0 Å². The Morgan fingerprint density at radius 1 is 1.03 bits per heavy atom. The number of aromatic nitrogens is 2. The normalized spacial score (nSPS) is 16.2. The van der Waals surface area contributed by atoms with Gasteiger partial charge in [0.2, 0.25) is 0 Å². The number of piperazine rings is 1. The van der Waals surface area contributed by atoms with Gasteiger partial charge in [-0.05, 0) is 38.3 Å². The number of rotatable bonds is 8. The first-order chi connectivity index (χ1) is 14.0. The topological polar surface area (TPSA) is 52.5 Å². The number of aliphatic hydroxyl groups excluding tert-OH is 1. The van der Waals surface area contributed by atoms with Gasteiger partial charge in [-0.3, -0.25) is 4.90 Å². The fourth-order valence-corrected chi connectivity index (χ4v) is 4.16. The van der Waals surface area contributed by atoms with E-state index in [1.807, 2.05) is 6.92 Å². The highest BCUT2D eigenvalue weighted by Crippen LogP contribution is 2.26. The summed E-state index contributed by atoms with van der Waals surface area (Å²) in [7, 11) is 0. The van der Waals surface area contributed by atoms with Crippen molar-refractivity contribution < 1.29 is 5.11 Å². The summed E-state index contributed by atoms with van der Waals surface area (Å²) in [6.45, 7) is 13.0. The minimum Gasteiger partial charge on any atom is -0.392 e. The second-order valence-electron chi connectivity index (χ2n) is 8.35. The second kappa shape index (κ2) is 10.2. The Morgan fingerprint density at radius 2 is 1.76 bits per heavy atom. The molecule has 1 saturated heterocycles. The van der Waals surface area contributed by atoms with Gasteiger partial charge in [0, 0.05) is 50.4 Å². The molecule has 0 radical (unpaired) electrons. The molecule has 0 aliphatic carbocycles. The zero-order valence-corrected chi connectivity index (χ0v) is 18.5. The largest absolute Gasteiger partial charge is 0.392 e.